The molecule has 6 heteroatoms. The van der Waals surface area contributed by atoms with E-state index in [9.17, 15) is 9.59 Å². The van der Waals surface area contributed by atoms with Gasteiger partial charge < -0.3 is 20.7 Å². The van der Waals surface area contributed by atoms with Crippen LogP contribution in [-0.2, 0) is 4.79 Å². The molecule has 37 heavy (non-hydrogen) atoms. The zero-order valence-corrected chi connectivity index (χ0v) is 20.0. The molecule has 2 amide bonds. The molecule has 0 spiro atoms. The van der Waals surface area contributed by atoms with E-state index in [1.807, 2.05) is 97.1 Å². The van der Waals surface area contributed by atoms with Crippen LogP contribution in [0.4, 0.5) is 22.7 Å². The zero-order chi connectivity index (χ0) is 25.5. The van der Waals surface area contributed by atoms with Crippen molar-refractivity contribution in [2.24, 2.45) is 0 Å². The highest BCUT2D eigenvalue weighted by molar-refractivity contribution is 6.10. The lowest BCUT2D eigenvalue weighted by Crippen LogP contribution is -2.22. The van der Waals surface area contributed by atoms with Gasteiger partial charge >= 0.3 is 0 Å². The number of hydrogen-bond donors (Lipinski definition) is 3. The SMILES string of the molecule is O=C(COc1ccc2ccccc2c1)Nc1ccccc1C(=O)Nc1ccc(Nc2ccccc2)cc1. The van der Waals surface area contributed by atoms with Crippen LogP contribution in [0.25, 0.3) is 10.8 Å². The Morgan fingerprint density at radius 2 is 1.24 bits per heavy atom. The first-order valence-electron chi connectivity index (χ1n) is 11.9. The third-order valence-corrected chi connectivity index (χ3v) is 5.74. The van der Waals surface area contributed by atoms with E-state index in [0.29, 0.717) is 22.7 Å². The standard InChI is InChI=1S/C31H25N3O3/c35-30(21-37-27-19-14-22-8-4-5-9-23(22)20-27)34-29-13-7-6-12-28(29)31(36)33-26-17-15-25(16-18-26)32-24-10-2-1-3-11-24/h1-20,32H,21H2,(H,33,36)(H,34,35). The zero-order valence-electron chi connectivity index (χ0n) is 20.0. The van der Waals surface area contributed by atoms with Crippen LogP contribution in [-0.4, -0.2) is 18.4 Å². The van der Waals surface area contributed by atoms with E-state index in [1.54, 1.807) is 24.3 Å². The third kappa shape index (κ3) is 6.13. The normalized spacial score (nSPS) is 10.5. The number of para-hydroxylation sites is 2. The van der Waals surface area contributed by atoms with Gasteiger partial charge in [0.05, 0.1) is 11.3 Å². The predicted octanol–water partition coefficient (Wildman–Crippen LogP) is 6.85. The Hall–Kier alpha value is -5.10. The maximum atomic E-state index is 13.0. The summed E-state index contributed by atoms with van der Waals surface area (Å²) in [6.45, 7) is -0.176. The first-order valence-corrected chi connectivity index (χ1v) is 11.9. The van der Waals surface area contributed by atoms with E-state index in [4.69, 9.17) is 4.74 Å². The van der Waals surface area contributed by atoms with Gasteiger partial charge in [-0.05, 0) is 71.4 Å². The molecule has 0 radical (unpaired) electrons. The largest absolute Gasteiger partial charge is 0.484 e. The van der Waals surface area contributed by atoms with Crippen LogP contribution in [0.5, 0.6) is 5.75 Å². The van der Waals surface area contributed by atoms with Crippen LogP contribution in [0, 0.1) is 0 Å². The minimum Gasteiger partial charge on any atom is -0.484 e. The minimum absolute atomic E-state index is 0.176. The summed E-state index contributed by atoms with van der Waals surface area (Å²) < 4.78 is 5.68. The van der Waals surface area contributed by atoms with Gasteiger partial charge in [-0.3, -0.25) is 9.59 Å². The summed E-state index contributed by atoms with van der Waals surface area (Å²) in [5.41, 5.74) is 3.30. The van der Waals surface area contributed by atoms with E-state index in [-0.39, 0.29) is 18.4 Å². The summed E-state index contributed by atoms with van der Waals surface area (Å²) in [4.78, 5) is 25.6. The van der Waals surface area contributed by atoms with E-state index >= 15 is 0 Å². The number of benzene rings is 5. The molecule has 182 valence electrons. The molecule has 5 aromatic carbocycles. The van der Waals surface area contributed by atoms with Gasteiger partial charge in [-0.1, -0.05) is 60.7 Å². The highest BCUT2D eigenvalue weighted by atomic mass is 16.5. The number of hydrogen-bond acceptors (Lipinski definition) is 4. The molecule has 0 aliphatic rings. The molecule has 6 nitrogen and oxygen atoms in total. The molecular formula is C31H25N3O3. The second kappa shape index (κ2) is 11.1. The fourth-order valence-corrected chi connectivity index (χ4v) is 3.91. The number of fused-ring (bicyclic) bond motifs is 1. The smallest absolute Gasteiger partial charge is 0.262 e. The lowest BCUT2D eigenvalue weighted by Gasteiger charge is -2.13. The van der Waals surface area contributed by atoms with Crippen LogP contribution < -0.4 is 20.7 Å². The second-order valence-electron chi connectivity index (χ2n) is 8.41. The molecule has 0 atom stereocenters. The number of nitrogens with one attached hydrogen (secondary N) is 3. The van der Waals surface area contributed by atoms with Crippen LogP contribution in [0.3, 0.4) is 0 Å². The molecule has 5 rings (SSSR count). The van der Waals surface area contributed by atoms with Crippen molar-refractivity contribution in [2.45, 2.75) is 0 Å². The van der Waals surface area contributed by atoms with Crippen molar-refractivity contribution in [3.05, 3.63) is 127 Å². The minimum atomic E-state index is -0.357. The van der Waals surface area contributed by atoms with Crippen molar-refractivity contribution in [3.63, 3.8) is 0 Å². The van der Waals surface area contributed by atoms with Crippen molar-refractivity contribution in [1.82, 2.24) is 0 Å². The van der Waals surface area contributed by atoms with Gasteiger partial charge in [-0.15, -0.1) is 0 Å². The number of amides is 2. The molecule has 0 fully saturated rings. The molecule has 0 bridgehead atoms. The fraction of sp³-hybridized carbons (Fsp3) is 0.0323. The Morgan fingerprint density at radius 3 is 2.05 bits per heavy atom. The summed E-state index contributed by atoms with van der Waals surface area (Å²) in [7, 11) is 0. The van der Waals surface area contributed by atoms with E-state index < -0.39 is 0 Å². The number of carbonyl (C=O) groups excluding carboxylic acids is 2. The summed E-state index contributed by atoms with van der Waals surface area (Å²) in [5, 5.41) is 11.1. The van der Waals surface area contributed by atoms with Crippen LogP contribution in [0.1, 0.15) is 10.4 Å². The van der Waals surface area contributed by atoms with Crippen LogP contribution in [0.15, 0.2) is 121 Å². The molecule has 0 unspecified atom stereocenters. The van der Waals surface area contributed by atoms with Crippen molar-refractivity contribution in [2.75, 3.05) is 22.6 Å². The van der Waals surface area contributed by atoms with E-state index in [0.717, 1.165) is 22.1 Å². The highest BCUT2D eigenvalue weighted by Crippen LogP contribution is 2.22. The lowest BCUT2D eigenvalue weighted by atomic mass is 10.1. The quantitative estimate of drug-likeness (QED) is 0.224. The first-order chi connectivity index (χ1) is 18.1. The van der Waals surface area contributed by atoms with Gasteiger partial charge in [-0.2, -0.15) is 0 Å². The van der Waals surface area contributed by atoms with Crippen molar-refractivity contribution >= 4 is 45.3 Å². The molecule has 0 heterocycles. The summed E-state index contributed by atoms with van der Waals surface area (Å²) in [5.74, 6) is -0.0788. The topological polar surface area (TPSA) is 79.5 Å². The van der Waals surface area contributed by atoms with Crippen molar-refractivity contribution in [1.29, 1.82) is 0 Å². The molecule has 5 aromatic rings. The molecule has 0 aliphatic heterocycles. The molecule has 0 saturated carbocycles. The van der Waals surface area contributed by atoms with Gasteiger partial charge in [0, 0.05) is 17.1 Å². The van der Waals surface area contributed by atoms with Gasteiger partial charge in [0.2, 0.25) is 0 Å². The molecule has 0 aliphatic carbocycles. The Morgan fingerprint density at radius 1 is 0.595 bits per heavy atom. The summed E-state index contributed by atoms with van der Waals surface area (Å²) in [6, 6.07) is 37.8. The second-order valence-corrected chi connectivity index (χ2v) is 8.41. The molecule has 3 N–H and O–H groups in total. The maximum absolute atomic E-state index is 13.0. The number of ether oxygens (including phenoxy) is 1. The van der Waals surface area contributed by atoms with Crippen LogP contribution >= 0.6 is 0 Å². The van der Waals surface area contributed by atoms with Crippen LogP contribution in [0.2, 0.25) is 0 Å². The Kier molecular flexibility index (Phi) is 7.09. The lowest BCUT2D eigenvalue weighted by molar-refractivity contribution is -0.118. The average molecular weight is 488 g/mol. The Bertz CT molecular complexity index is 1530. The molecule has 0 saturated heterocycles. The first kappa shape index (κ1) is 23.6. The fourth-order valence-electron chi connectivity index (χ4n) is 3.91. The highest BCUT2D eigenvalue weighted by Gasteiger charge is 2.14. The maximum Gasteiger partial charge on any atom is 0.262 e. The van der Waals surface area contributed by atoms with E-state index in [1.165, 1.54) is 0 Å². The summed E-state index contributed by atoms with van der Waals surface area (Å²) in [6.07, 6.45) is 0. The van der Waals surface area contributed by atoms with Gasteiger partial charge in [0.25, 0.3) is 11.8 Å². The van der Waals surface area contributed by atoms with Gasteiger partial charge in [0.1, 0.15) is 5.75 Å². The Balaban J connectivity index is 1.19. The van der Waals surface area contributed by atoms with Crippen molar-refractivity contribution < 1.29 is 14.3 Å². The number of carbonyl (C=O) groups is 2. The average Bonchev–Trinajstić information content (AvgIpc) is 2.94. The number of rotatable bonds is 8. The molecule has 0 aromatic heterocycles. The summed E-state index contributed by atoms with van der Waals surface area (Å²) >= 11 is 0. The van der Waals surface area contributed by atoms with Gasteiger partial charge in [0.15, 0.2) is 6.61 Å². The predicted molar refractivity (Wildman–Crippen MR) is 149 cm³/mol. The Labute approximate surface area is 214 Å². The number of anilines is 4. The molecular weight excluding hydrogens is 462 g/mol. The van der Waals surface area contributed by atoms with E-state index in [2.05, 4.69) is 16.0 Å². The monoisotopic (exact) mass is 487 g/mol. The van der Waals surface area contributed by atoms with Gasteiger partial charge in [-0.25, -0.2) is 0 Å². The van der Waals surface area contributed by atoms with Crippen molar-refractivity contribution in [3.8, 4) is 5.75 Å². The third-order valence-electron chi connectivity index (χ3n) is 5.74.